The van der Waals surface area contributed by atoms with Crippen LogP contribution in [0.25, 0.3) is 10.9 Å². The van der Waals surface area contributed by atoms with Gasteiger partial charge in [-0.3, -0.25) is 4.90 Å². The van der Waals surface area contributed by atoms with Crippen molar-refractivity contribution in [3.63, 3.8) is 0 Å². The van der Waals surface area contributed by atoms with Crippen molar-refractivity contribution in [1.82, 2.24) is 20.2 Å². The lowest BCUT2D eigenvalue weighted by atomic mass is 10.2. The number of nitrogens with zero attached hydrogens (tertiary/aromatic N) is 3. The normalized spacial score (nSPS) is 18.7. The van der Waals surface area contributed by atoms with Crippen molar-refractivity contribution < 1.29 is 0 Å². The minimum atomic E-state index is 0.575. The number of nitrogens with two attached hydrogens (primary N) is 1. The van der Waals surface area contributed by atoms with E-state index < -0.39 is 0 Å². The van der Waals surface area contributed by atoms with Crippen molar-refractivity contribution in [3.05, 3.63) is 30.1 Å². The predicted molar refractivity (Wildman–Crippen MR) is 85.9 cm³/mol. The van der Waals surface area contributed by atoms with Gasteiger partial charge < -0.3 is 11.1 Å². The number of rotatable bonds is 5. The van der Waals surface area contributed by atoms with E-state index in [0.29, 0.717) is 11.9 Å². The minimum absolute atomic E-state index is 0.575. The number of aromatic nitrogens is 2. The number of likely N-dealkylation sites (N-methyl/N-ethyl adjacent to an activating group) is 1. The molecule has 0 aliphatic carbocycles. The number of hydrogen-bond acceptors (Lipinski definition) is 5. The summed E-state index contributed by atoms with van der Waals surface area (Å²) in [4.78, 5) is 11.5. The topological polar surface area (TPSA) is 67.1 Å². The van der Waals surface area contributed by atoms with Gasteiger partial charge in [0.05, 0.1) is 12.1 Å². The second-order valence-corrected chi connectivity index (χ2v) is 5.66. The molecule has 21 heavy (non-hydrogen) atoms. The quantitative estimate of drug-likeness (QED) is 0.876. The molecule has 1 aromatic carbocycles. The van der Waals surface area contributed by atoms with Crippen molar-refractivity contribution in [2.75, 3.05) is 25.4 Å². The Labute approximate surface area is 125 Å². The van der Waals surface area contributed by atoms with Gasteiger partial charge in [-0.1, -0.05) is 19.1 Å². The van der Waals surface area contributed by atoms with Crippen LogP contribution in [0.1, 0.15) is 25.6 Å². The smallest absolute Gasteiger partial charge is 0.145 e. The van der Waals surface area contributed by atoms with Crippen molar-refractivity contribution in [1.29, 1.82) is 0 Å². The molecular weight excluding hydrogens is 262 g/mol. The zero-order chi connectivity index (χ0) is 14.7. The standard InChI is InChI=1S/C16H23N5/c1-2-21(10-12-6-5-9-18-12)11-15-19-14-8-4-3-7-13(14)16(17)20-15/h3-4,7-8,12,18H,2,5-6,9-11H2,1H3,(H2,17,19,20). The van der Waals surface area contributed by atoms with Crippen LogP contribution >= 0.6 is 0 Å². The highest BCUT2D eigenvalue weighted by atomic mass is 15.2. The Morgan fingerprint density at radius 1 is 1.33 bits per heavy atom. The second-order valence-electron chi connectivity index (χ2n) is 5.66. The molecule has 0 amide bonds. The molecule has 5 heteroatoms. The van der Waals surface area contributed by atoms with Gasteiger partial charge in [-0.2, -0.15) is 0 Å². The van der Waals surface area contributed by atoms with E-state index in [1.807, 2.05) is 24.3 Å². The number of anilines is 1. The number of nitrogen functional groups attached to an aromatic ring is 1. The van der Waals surface area contributed by atoms with E-state index in [0.717, 1.165) is 42.9 Å². The summed E-state index contributed by atoms with van der Waals surface area (Å²) >= 11 is 0. The van der Waals surface area contributed by atoms with Crippen molar-refractivity contribution in [2.24, 2.45) is 0 Å². The third-order valence-corrected chi connectivity index (χ3v) is 4.13. The van der Waals surface area contributed by atoms with Gasteiger partial charge in [-0.25, -0.2) is 9.97 Å². The zero-order valence-corrected chi connectivity index (χ0v) is 12.5. The average molecular weight is 285 g/mol. The van der Waals surface area contributed by atoms with Gasteiger partial charge in [0.1, 0.15) is 11.6 Å². The largest absolute Gasteiger partial charge is 0.383 e. The molecule has 3 N–H and O–H groups in total. The first-order chi connectivity index (χ1) is 10.3. The van der Waals surface area contributed by atoms with Crippen LogP contribution in [0.15, 0.2) is 24.3 Å². The maximum absolute atomic E-state index is 6.06. The first-order valence-electron chi connectivity index (χ1n) is 7.73. The first kappa shape index (κ1) is 14.2. The highest BCUT2D eigenvalue weighted by molar-refractivity contribution is 5.87. The molecule has 112 valence electrons. The Bertz CT molecular complexity index is 607. The molecule has 5 nitrogen and oxygen atoms in total. The predicted octanol–water partition coefficient (Wildman–Crippen LogP) is 1.79. The molecule has 0 spiro atoms. The molecule has 1 unspecified atom stereocenters. The van der Waals surface area contributed by atoms with Gasteiger partial charge in [-0.05, 0) is 38.1 Å². The zero-order valence-electron chi connectivity index (χ0n) is 12.5. The van der Waals surface area contributed by atoms with Crippen LogP contribution in [0.2, 0.25) is 0 Å². The van der Waals surface area contributed by atoms with E-state index in [1.54, 1.807) is 0 Å². The lowest BCUT2D eigenvalue weighted by Gasteiger charge is -2.23. The van der Waals surface area contributed by atoms with Gasteiger partial charge in [0, 0.05) is 18.0 Å². The third-order valence-electron chi connectivity index (χ3n) is 4.13. The van der Waals surface area contributed by atoms with Crippen LogP contribution in [-0.4, -0.2) is 40.5 Å². The van der Waals surface area contributed by atoms with Crippen LogP contribution in [-0.2, 0) is 6.54 Å². The molecule has 1 fully saturated rings. The number of benzene rings is 1. The lowest BCUT2D eigenvalue weighted by molar-refractivity contribution is 0.248. The summed E-state index contributed by atoms with van der Waals surface area (Å²) in [5, 5.41) is 4.47. The first-order valence-corrected chi connectivity index (χ1v) is 7.73. The summed E-state index contributed by atoms with van der Waals surface area (Å²) < 4.78 is 0. The van der Waals surface area contributed by atoms with Gasteiger partial charge in [0.2, 0.25) is 0 Å². The molecule has 0 saturated carbocycles. The van der Waals surface area contributed by atoms with E-state index in [2.05, 4.69) is 27.1 Å². The van der Waals surface area contributed by atoms with Crippen LogP contribution < -0.4 is 11.1 Å². The van der Waals surface area contributed by atoms with E-state index in [9.17, 15) is 0 Å². The number of para-hydroxylation sites is 1. The Kier molecular flexibility index (Phi) is 4.31. The highest BCUT2D eigenvalue weighted by Crippen LogP contribution is 2.18. The molecule has 1 aliphatic rings. The summed E-state index contributed by atoms with van der Waals surface area (Å²) in [6.07, 6.45) is 2.54. The third kappa shape index (κ3) is 3.31. The second kappa shape index (κ2) is 6.37. The summed E-state index contributed by atoms with van der Waals surface area (Å²) in [7, 11) is 0. The van der Waals surface area contributed by atoms with Crippen molar-refractivity contribution in [3.8, 4) is 0 Å². The Hall–Kier alpha value is -1.72. The molecule has 1 saturated heterocycles. The van der Waals surface area contributed by atoms with Gasteiger partial charge in [-0.15, -0.1) is 0 Å². The van der Waals surface area contributed by atoms with E-state index in [-0.39, 0.29) is 0 Å². The summed E-state index contributed by atoms with van der Waals surface area (Å²) in [5.74, 6) is 1.39. The fourth-order valence-corrected chi connectivity index (χ4v) is 2.95. The van der Waals surface area contributed by atoms with E-state index in [1.165, 1.54) is 12.8 Å². The molecule has 2 heterocycles. The fraction of sp³-hybridized carbons (Fsp3) is 0.500. The van der Waals surface area contributed by atoms with E-state index in [4.69, 9.17) is 5.73 Å². The number of nitrogens with one attached hydrogen (secondary N) is 1. The van der Waals surface area contributed by atoms with E-state index >= 15 is 0 Å². The monoisotopic (exact) mass is 285 g/mol. The van der Waals surface area contributed by atoms with Gasteiger partial charge in [0.15, 0.2) is 0 Å². The van der Waals surface area contributed by atoms with Crippen LogP contribution in [0, 0.1) is 0 Å². The summed E-state index contributed by atoms with van der Waals surface area (Å²) in [6, 6.07) is 8.51. The maximum atomic E-state index is 6.06. The molecule has 1 aromatic heterocycles. The van der Waals surface area contributed by atoms with Gasteiger partial charge in [0.25, 0.3) is 0 Å². The molecule has 1 atom stereocenters. The molecule has 2 aromatic rings. The Morgan fingerprint density at radius 2 is 2.19 bits per heavy atom. The number of hydrogen-bond donors (Lipinski definition) is 2. The van der Waals surface area contributed by atoms with Crippen LogP contribution in [0.4, 0.5) is 5.82 Å². The molecule has 3 rings (SSSR count). The van der Waals surface area contributed by atoms with Crippen LogP contribution in [0.3, 0.4) is 0 Å². The lowest BCUT2D eigenvalue weighted by Crippen LogP contribution is -2.37. The molecule has 1 aliphatic heterocycles. The van der Waals surface area contributed by atoms with Crippen molar-refractivity contribution in [2.45, 2.75) is 32.4 Å². The Morgan fingerprint density at radius 3 is 2.95 bits per heavy atom. The molecular formula is C16H23N5. The van der Waals surface area contributed by atoms with Crippen LogP contribution in [0.5, 0.6) is 0 Å². The summed E-state index contributed by atoms with van der Waals surface area (Å²) in [5.41, 5.74) is 6.98. The molecule has 0 bridgehead atoms. The number of fused-ring (bicyclic) bond motifs is 1. The Balaban J connectivity index is 1.76. The summed E-state index contributed by atoms with van der Waals surface area (Å²) in [6.45, 7) is 6.12. The highest BCUT2D eigenvalue weighted by Gasteiger charge is 2.18. The minimum Gasteiger partial charge on any atom is -0.383 e. The average Bonchev–Trinajstić information content (AvgIpc) is 2.99. The van der Waals surface area contributed by atoms with Gasteiger partial charge >= 0.3 is 0 Å². The van der Waals surface area contributed by atoms with Crippen molar-refractivity contribution >= 4 is 16.7 Å². The molecule has 0 radical (unpaired) electrons. The maximum Gasteiger partial charge on any atom is 0.145 e. The SMILES string of the molecule is CCN(Cc1nc(N)c2ccccc2n1)CC1CCCN1. The fourth-order valence-electron chi connectivity index (χ4n) is 2.95.